The van der Waals surface area contributed by atoms with Gasteiger partial charge in [0.05, 0.1) is 12.4 Å². The van der Waals surface area contributed by atoms with Crippen molar-refractivity contribution in [1.82, 2.24) is 30.8 Å². The van der Waals surface area contributed by atoms with Crippen LogP contribution in [0, 0.1) is 0 Å². The molecule has 2 aromatic heterocycles. The molecule has 78 valence electrons. The van der Waals surface area contributed by atoms with Crippen LogP contribution in [0.5, 0.6) is 0 Å². The lowest BCUT2D eigenvalue weighted by Gasteiger charge is -2.02. The van der Waals surface area contributed by atoms with Gasteiger partial charge in [-0.05, 0) is 0 Å². The summed E-state index contributed by atoms with van der Waals surface area (Å²) in [4.78, 5) is 0. The van der Waals surface area contributed by atoms with E-state index in [1.165, 1.54) is 0 Å². The minimum Gasteiger partial charge on any atom is -0.265 e. The largest absolute Gasteiger partial charge is 0.265 e. The number of H-pyrrole nitrogens is 2. The van der Waals surface area contributed by atoms with Gasteiger partial charge >= 0.3 is 0 Å². The number of nitrogens with one attached hydrogen (secondary N) is 2. The third-order valence-electron chi connectivity index (χ3n) is 2.31. The highest BCUT2D eigenvalue weighted by Gasteiger charge is 2.10. The number of rotatable bonds is 2. The van der Waals surface area contributed by atoms with E-state index in [4.69, 9.17) is 0 Å². The minimum atomic E-state index is 0.790. The molecule has 0 aliphatic heterocycles. The maximum atomic E-state index is 3.99. The molecule has 6 heteroatoms. The Balaban J connectivity index is 2.19. The molecule has 0 aliphatic carbocycles. The second kappa shape index (κ2) is 3.58. The van der Waals surface area contributed by atoms with Crippen molar-refractivity contribution in [1.29, 1.82) is 0 Å². The molecular weight excluding hydrogens is 204 g/mol. The van der Waals surface area contributed by atoms with E-state index < -0.39 is 0 Å². The van der Waals surface area contributed by atoms with Crippen molar-refractivity contribution >= 4 is 0 Å². The first-order valence-corrected chi connectivity index (χ1v) is 4.78. The molecular formula is C10H8N6. The molecule has 3 rings (SSSR count). The van der Waals surface area contributed by atoms with E-state index in [9.17, 15) is 0 Å². The van der Waals surface area contributed by atoms with Gasteiger partial charge in [0.25, 0.3) is 0 Å². The molecule has 2 heterocycles. The van der Waals surface area contributed by atoms with E-state index in [0.29, 0.717) is 0 Å². The second-order valence-electron chi connectivity index (χ2n) is 3.26. The molecule has 0 bridgehead atoms. The lowest BCUT2D eigenvalue weighted by molar-refractivity contribution is 0.940. The summed E-state index contributed by atoms with van der Waals surface area (Å²) in [7, 11) is 0. The zero-order chi connectivity index (χ0) is 10.8. The van der Waals surface area contributed by atoms with E-state index in [2.05, 4.69) is 30.8 Å². The Bertz CT molecular complexity index is 516. The van der Waals surface area contributed by atoms with Crippen LogP contribution in [0.15, 0.2) is 36.7 Å². The molecule has 16 heavy (non-hydrogen) atoms. The van der Waals surface area contributed by atoms with E-state index in [1.807, 2.05) is 24.3 Å². The minimum absolute atomic E-state index is 0.790. The van der Waals surface area contributed by atoms with Gasteiger partial charge in [-0.1, -0.05) is 34.7 Å². The Kier molecular flexibility index (Phi) is 1.96. The maximum Gasteiger partial charge on any atom is 0.113 e. The van der Waals surface area contributed by atoms with Crippen LogP contribution in [0.3, 0.4) is 0 Å². The zero-order valence-electron chi connectivity index (χ0n) is 8.25. The van der Waals surface area contributed by atoms with Crippen LogP contribution in [0.4, 0.5) is 0 Å². The number of benzene rings is 1. The Labute approximate surface area is 90.7 Å². The maximum absolute atomic E-state index is 3.99. The van der Waals surface area contributed by atoms with E-state index in [0.717, 1.165) is 22.5 Å². The standard InChI is InChI=1S/C10H8N6/c1-2-4-8(10-6-12-16-14-10)7(3-1)9-5-11-15-13-9/h1-6H,(H,11,13,15)(H,12,14,16). The van der Waals surface area contributed by atoms with Crippen LogP contribution in [0.1, 0.15) is 0 Å². The molecule has 0 saturated heterocycles. The fourth-order valence-corrected chi connectivity index (χ4v) is 1.60. The molecule has 0 unspecified atom stereocenters. The second-order valence-corrected chi connectivity index (χ2v) is 3.26. The predicted molar refractivity (Wildman–Crippen MR) is 57.2 cm³/mol. The number of nitrogens with zero attached hydrogens (tertiary/aromatic N) is 4. The van der Waals surface area contributed by atoms with Crippen molar-refractivity contribution in [3.63, 3.8) is 0 Å². The number of hydrogen-bond donors (Lipinski definition) is 2. The predicted octanol–water partition coefficient (Wildman–Crippen LogP) is 1.26. The SMILES string of the molecule is c1ccc(-c2c[nH]nn2)c(-c2c[nH]nn2)c1. The van der Waals surface area contributed by atoms with Gasteiger partial charge in [-0.15, -0.1) is 10.2 Å². The summed E-state index contributed by atoms with van der Waals surface area (Å²) in [6.45, 7) is 0. The average Bonchev–Trinajstić information content (AvgIpc) is 3.03. The first-order chi connectivity index (χ1) is 7.95. The quantitative estimate of drug-likeness (QED) is 0.669. The Morgan fingerprint density at radius 1 is 0.750 bits per heavy atom. The average molecular weight is 212 g/mol. The molecule has 6 nitrogen and oxygen atoms in total. The molecule has 0 saturated carbocycles. The van der Waals surface area contributed by atoms with Crippen molar-refractivity contribution < 1.29 is 0 Å². The monoisotopic (exact) mass is 212 g/mol. The van der Waals surface area contributed by atoms with Crippen molar-refractivity contribution in [2.75, 3.05) is 0 Å². The first-order valence-electron chi connectivity index (χ1n) is 4.78. The topological polar surface area (TPSA) is 83.1 Å². The summed E-state index contributed by atoms with van der Waals surface area (Å²) in [5.74, 6) is 0. The molecule has 1 aromatic carbocycles. The van der Waals surface area contributed by atoms with Gasteiger partial charge in [-0.3, -0.25) is 10.2 Å². The molecule has 0 aliphatic rings. The normalized spacial score (nSPS) is 10.5. The summed E-state index contributed by atoms with van der Waals surface area (Å²) in [6.07, 6.45) is 3.50. The Morgan fingerprint density at radius 2 is 1.25 bits per heavy atom. The van der Waals surface area contributed by atoms with Crippen molar-refractivity contribution in [2.24, 2.45) is 0 Å². The van der Waals surface area contributed by atoms with Crippen LogP contribution >= 0.6 is 0 Å². The van der Waals surface area contributed by atoms with Gasteiger partial charge in [0.1, 0.15) is 11.4 Å². The highest BCUT2D eigenvalue weighted by Crippen LogP contribution is 2.28. The summed E-state index contributed by atoms with van der Waals surface area (Å²) in [5, 5.41) is 20.8. The van der Waals surface area contributed by atoms with E-state index in [-0.39, 0.29) is 0 Å². The number of hydrogen-bond acceptors (Lipinski definition) is 4. The molecule has 3 aromatic rings. The van der Waals surface area contributed by atoms with Gasteiger partial charge in [0.2, 0.25) is 0 Å². The lowest BCUT2D eigenvalue weighted by atomic mass is 10.0. The first kappa shape index (κ1) is 8.78. The fraction of sp³-hybridized carbons (Fsp3) is 0. The molecule has 0 spiro atoms. The van der Waals surface area contributed by atoms with Gasteiger partial charge in [-0.25, -0.2) is 0 Å². The van der Waals surface area contributed by atoms with Crippen molar-refractivity contribution in [2.45, 2.75) is 0 Å². The van der Waals surface area contributed by atoms with E-state index in [1.54, 1.807) is 12.4 Å². The van der Waals surface area contributed by atoms with Crippen molar-refractivity contribution in [3.8, 4) is 22.5 Å². The van der Waals surface area contributed by atoms with Gasteiger partial charge in [-0.2, -0.15) is 0 Å². The molecule has 0 amide bonds. The van der Waals surface area contributed by atoms with E-state index >= 15 is 0 Å². The Hall–Kier alpha value is -2.50. The fourth-order valence-electron chi connectivity index (χ4n) is 1.60. The highest BCUT2D eigenvalue weighted by atomic mass is 15.3. The van der Waals surface area contributed by atoms with Crippen LogP contribution in [-0.2, 0) is 0 Å². The molecule has 0 atom stereocenters. The molecule has 0 fully saturated rings. The summed E-state index contributed by atoms with van der Waals surface area (Å²) in [5.41, 5.74) is 3.53. The van der Waals surface area contributed by atoms with Crippen LogP contribution < -0.4 is 0 Å². The summed E-state index contributed by atoms with van der Waals surface area (Å²) < 4.78 is 0. The third kappa shape index (κ3) is 1.36. The van der Waals surface area contributed by atoms with Crippen LogP contribution in [0.2, 0.25) is 0 Å². The highest BCUT2D eigenvalue weighted by molar-refractivity contribution is 5.79. The van der Waals surface area contributed by atoms with Crippen LogP contribution in [0.25, 0.3) is 22.5 Å². The zero-order valence-corrected chi connectivity index (χ0v) is 8.25. The number of aromatic amines is 2. The van der Waals surface area contributed by atoms with Gasteiger partial charge in [0.15, 0.2) is 0 Å². The number of aromatic nitrogens is 6. The smallest absolute Gasteiger partial charge is 0.113 e. The van der Waals surface area contributed by atoms with Crippen molar-refractivity contribution in [3.05, 3.63) is 36.7 Å². The lowest BCUT2D eigenvalue weighted by Crippen LogP contribution is -1.85. The summed E-state index contributed by atoms with van der Waals surface area (Å²) in [6, 6.07) is 7.85. The van der Waals surface area contributed by atoms with Crippen LogP contribution in [-0.4, -0.2) is 30.8 Å². The Morgan fingerprint density at radius 3 is 1.62 bits per heavy atom. The molecule has 2 N–H and O–H groups in total. The molecule has 0 radical (unpaired) electrons. The summed E-state index contributed by atoms with van der Waals surface area (Å²) >= 11 is 0. The van der Waals surface area contributed by atoms with Gasteiger partial charge < -0.3 is 0 Å². The van der Waals surface area contributed by atoms with Gasteiger partial charge in [0, 0.05) is 11.1 Å². The third-order valence-corrected chi connectivity index (χ3v) is 2.31.